The molecule has 1 aromatic rings. The molecule has 1 aliphatic heterocycles. The van der Waals surface area contributed by atoms with Crippen molar-refractivity contribution < 1.29 is 28.5 Å². The summed E-state index contributed by atoms with van der Waals surface area (Å²) in [4.78, 5) is 25.0. The number of ether oxygens (including phenoxy) is 4. The van der Waals surface area contributed by atoms with Gasteiger partial charge in [-0.1, -0.05) is 6.92 Å². The van der Waals surface area contributed by atoms with Gasteiger partial charge in [0.25, 0.3) is 0 Å². The molecule has 3 rings (SSSR count). The number of hydrogen-bond donors (Lipinski definition) is 0. The summed E-state index contributed by atoms with van der Waals surface area (Å²) < 4.78 is 21.9. The quantitative estimate of drug-likeness (QED) is 0.850. The smallest absolute Gasteiger partial charge is 0.231 e. The molecule has 2 aliphatic rings. The second-order valence-electron chi connectivity index (χ2n) is 5.65. The van der Waals surface area contributed by atoms with E-state index in [0.29, 0.717) is 22.8 Å². The predicted octanol–water partition coefficient (Wildman–Crippen LogP) is 2.16. The fourth-order valence-corrected chi connectivity index (χ4v) is 3.25. The minimum Gasteiger partial charge on any atom is -0.496 e. The molecule has 1 unspecified atom stereocenters. The van der Waals surface area contributed by atoms with Crippen LogP contribution >= 0.6 is 0 Å². The molecule has 0 N–H and O–H groups in total. The number of carbonyl (C=O) groups excluding carboxylic acids is 2. The Labute approximate surface area is 134 Å². The largest absolute Gasteiger partial charge is 0.496 e. The monoisotopic (exact) mass is 318 g/mol. The Morgan fingerprint density at radius 2 is 1.87 bits per heavy atom. The number of rotatable bonds is 3. The summed E-state index contributed by atoms with van der Waals surface area (Å²) in [5.74, 6) is 0.787. The molecule has 1 aromatic carbocycles. The van der Waals surface area contributed by atoms with Crippen molar-refractivity contribution in [1.29, 1.82) is 0 Å². The van der Waals surface area contributed by atoms with Crippen molar-refractivity contribution in [3.8, 4) is 17.2 Å². The molecule has 1 aliphatic carbocycles. The summed E-state index contributed by atoms with van der Waals surface area (Å²) >= 11 is 0. The van der Waals surface area contributed by atoms with Gasteiger partial charge < -0.3 is 18.9 Å². The molecule has 122 valence electrons. The summed E-state index contributed by atoms with van der Waals surface area (Å²) in [6.45, 7) is 1.80. The summed E-state index contributed by atoms with van der Waals surface area (Å²) in [6.07, 6.45) is 1.56. The highest BCUT2D eigenvalue weighted by molar-refractivity contribution is 6.13. The molecule has 1 spiro atoms. The van der Waals surface area contributed by atoms with Crippen molar-refractivity contribution in [2.24, 2.45) is 5.92 Å². The van der Waals surface area contributed by atoms with Crippen molar-refractivity contribution in [2.45, 2.75) is 18.9 Å². The lowest BCUT2D eigenvalue weighted by molar-refractivity contribution is -0.118. The zero-order valence-electron chi connectivity index (χ0n) is 13.5. The zero-order chi connectivity index (χ0) is 16.8. The lowest BCUT2D eigenvalue weighted by Gasteiger charge is -2.36. The molecule has 2 atom stereocenters. The summed E-state index contributed by atoms with van der Waals surface area (Å²) in [6, 6.07) is 3.27. The molecule has 23 heavy (non-hydrogen) atoms. The predicted molar refractivity (Wildman–Crippen MR) is 81.1 cm³/mol. The maximum absolute atomic E-state index is 13.2. The lowest BCUT2D eigenvalue weighted by atomic mass is 9.75. The molecule has 0 saturated heterocycles. The molecule has 6 nitrogen and oxygen atoms in total. The second-order valence-corrected chi connectivity index (χ2v) is 5.65. The van der Waals surface area contributed by atoms with E-state index in [4.69, 9.17) is 18.9 Å². The van der Waals surface area contributed by atoms with Crippen LogP contribution < -0.4 is 14.2 Å². The van der Waals surface area contributed by atoms with Gasteiger partial charge in [-0.15, -0.1) is 0 Å². The third-order valence-electron chi connectivity index (χ3n) is 4.41. The van der Waals surface area contributed by atoms with Crippen LogP contribution in [0.15, 0.2) is 24.0 Å². The summed E-state index contributed by atoms with van der Waals surface area (Å²) in [7, 11) is 4.43. The van der Waals surface area contributed by atoms with Crippen molar-refractivity contribution in [3.05, 3.63) is 29.5 Å². The molecular formula is C17H18O6. The number of methoxy groups -OCH3 is 3. The molecule has 0 aromatic heterocycles. The van der Waals surface area contributed by atoms with Crippen LogP contribution in [0.5, 0.6) is 17.2 Å². The van der Waals surface area contributed by atoms with Gasteiger partial charge in [-0.25, -0.2) is 0 Å². The number of Topliss-reactive ketones (excluding diaryl/α,β-unsaturated/α-hetero) is 1. The first kappa shape index (κ1) is 15.4. The van der Waals surface area contributed by atoms with Crippen LogP contribution in [0.1, 0.15) is 23.7 Å². The van der Waals surface area contributed by atoms with E-state index in [0.717, 1.165) is 0 Å². The average molecular weight is 318 g/mol. The Morgan fingerprint density at radius 1 is 1.13 bits per heavy atom. The Hall–Kier alpha value is -2.50. The van der Waals surface area contributed by atoms with E-state index in [1.54, 1.807) is 19.1 Å². The fraction of sp³-hybridized carbons (Fsp3) is 0.412. The van der Waals surface area contributed by atoms with Crippen LogP contribution in [0.2, 0.25) is 0 Å². The van der Waals surface area contributed by atoms with Crippen molar-refractivity contribution in [1.82, 2.24) is 0 Å². The number of carbonyl (C=O) groups is 2. The normalized spacial score (nSPS) is 25.7. The number of ketones is 2. The Kier molecular flexibility index (Phi) is 3.55. The maximum Gasteiger partial charge on any atom is 0.231 e. The van der Waals surface area contributed by atoms with Crippen molar-refractivity contribution in [3.63, 3.8) is 0 Å². The van der Waals surface area contributed by atoms with Gasteiger partial charge in [0.05, 0.1) is 21.3 Å². The van der Waals surface area contributed by atoms with E-state index in [-0.39, 0.29) is 29.7 Å². The van der Waals surface area contributed by atoms with Crippen molar-refractivity contribution >= 4 is 11.6 Å². The zero-order valence-corrected chi connectivity index (χ0v) is 13.5. The molecule has 0 saturated carbocycles. The number of benzene rings is 1. The van der Waals surface area contributed by atoms with Gasteiger partial charge in [0.1, 0.15) is 22.8 Å². The molecular weight excluding hydrogens is 300 g/mol. The molecule has 6 heteroatoms. The van der Waals surface area contributed by atoms with Gasteiger partial charge in [-0.3, -0.25) is 9.59 Å². The standard InChI is InChI=1S/C17H18O6/c1-9-5-10(18)6-14(22-4)17(9)16(19)15-12(21-3)7-11(20-2)8-13(15)23-17/h6-9H,5H2,1-4H3/t9-,17?/m1/s1. The van der Waals surface area contributed by atoms with E-state index in [1.165, 1.54) is 27.4 Å². The highest BCUT2D eigenvalue weighted by atomic mass is 16.6. The van der Waals surface area contributed by atoms with Gasteiger partial charge >= 0.3 is 0 Å². The summed E-state index contributed by atoms with van der Waals surface area (Å²) in [5, 5.41) is 0. The fourth-order valence-electron chi connectivity index (χ4n) is 3.25. The van der Waals surface area contributed by atoms with Crippen LogP contribution in [0.25, 0.3) is 0 Å². The van der Waals surface area contributed by atoms with Crippen LogP contribution in [0.3, 0.4) is 0 Å². The Bertz CT molecular complexity index is 720. The second kappa shape index (κ2) is 5.30. The van der Waals surface area contributed by atoms with Crippen LogP contribution in [-0.2, 0) is 9.53 Å². The van der Waals surface area contributed by atoms with E-state index in [2.05, 4.69) is 0 Å². The summed E-state index contributed by atoms with van der Waals surface area (Å²) in [5.41, 5.74) is -0.984. The van der Waals surface area contributed by atoms with Gasteiger partial charge in [-0.05, 0) is 0 Å². The van der Waals surface area contributed by atoms with E-state index >= 15 is 0 Å². The average Bonchev–Trinajstić information content (AvgIpc) is 2.84. The number of hydrogen-bond acceptors (Lipinski definition) is 6. The van der Waals surface area contributed by atoms with Gasteiger partial charge in [0.2, 0.25) is 11.4 Å². The SMILES string of the molecule is COC1=CC(=O)C[C@@H](C)C12Oc1cc(OC)cc(OC)c1C2=O. The van der Waals surface area contributed by atoms with Crippen LogP contribution in [0, 0.1) is 5.92 Å². The minimum absolute atomic E-state index is 0.0862. The molecule has 0 amide bonds. The third kappa shape index (κ3) is 2.01. The number of allylic oxidation sites excluding steroid dienone is 1. The molecule has 0 bridgehead atoms. The Morgan fingerprint density at radius 3 is 2.48 bits per heavy atom. The lowest BCUT2D eigenvalue weighted by Crippen LogP contribution is -2.51. The topological polar surface area (TPSA) is 71.1 Å². The molecule has 1 heterocycles. The van der Waals surface area contributed by atoms with Gasteiger partial charge in [0, 0.05) is 30.5 Å². The minimum atomic E-state index is -1.33. The highest BCUT2D eigenvalue weighted by Crippen LogP contribution is 2.50. The highest BCUT2D eigenvalue weighted by Gasteiger charge is 2.59. The molecule has 0 fully saturated rings. The third-order valence-corrected chi connectivity index (χ3v) is 4.41. The first-order valence-corrected chi connectivity index (χ1v) is 7.26. The first-order chi connectivity index (χ1) is 11.0. The van der Waals surface area contributed by atoms with Gasteiger partial charge in [0.15, 0.2) is 11.5 Å². The van der Waals surface area contributed by atoms with Crippen LogP contribution in [0.4, 0.5) is 0 Å². The number of fused-ring (bicyclic) bond motifs is 1. The van der Waals surface area contributed by atoms with Crippen LogP contribution in [-0.4, -0.2) is 38.5 Å². The first-order valence-electron chi connectivity index (χ1n) is 7.26. The van der Waals surface area contributed by atoms with E-state index < -0.39 is 5.60 Å². The van der Waals surface area contributed by atoms with E-state index in [1.807, 2.05) is 0 Å². The van der Waals surface area contributed by atoms with Crippen molar-refractivity contribution in [2.75, 3.05) is 21.3 Å². The maximum atomic E-state index is 13.2. The Balaban J connectivity index is 2.20. The van der Waals surface area contributed by atoms with Gasteiger partial charge in [-0.2, -0.15) is 0 Å². The molecule has 0 radical (unpaired) electrons. The van der Waals surface area contributed by atoms with E-state index in [9.17, 15) is 9.59 Å².